The first kappa shape index (κ1) is 17.3. The second-order valence-corrected chi connectivity index (χ2v) is 7.07. The minimum atomic E-state index is -2.10. The van der Waals surface area contributed by atoms with Gasteiger partial charge in [0.15, 0.2) is 0 Å². The highest BCUT2D eigenvalue weighted by Crippen LogP contribution is 2.14. The van der Waals surface area contributed by atoms with Gasteiger partial charge < -0.3 is 21.6 Å². The van der Waals surface area contributed by atoms with Gasteiger partial charge in [-0.1, -0.05) is 0 Å². The van der Waals surface area contributed by atoms with Crippen molar-refractivity contribution < 1.29 is 21.6 Å². The van der Waals surface area contributed by atoms with Gasteiger partial charge in [0.1, 0.15) is 0 Å². The maximum Gasteiger partial charge on any atom is 0.905 e. The van der Waals surface area contributed by atoms with E-state index in [9.17, 15) is 5.11 Å². The molecule has 1 fully saturated rings. The SMILES string of the molecule is CC(CC(C)(C)O)[O][Al]1[O]CCN(CCO)CC[O]1. The van der Waals surface area contributed by atoms with Gasteiger partial charge in [-0.05, 0) is 27.2 Å². The molecule has 0 aromatic rings. The summed E-state index contributed by atoms with van der Waals surface area (Å²) in [5, 5.41) is 18.6. The molecule has 7 heteroatoms. The van der Waals surface area contributed by atoms with E-state index in [-0.39, 0.29) is 12.7 Å². The van der Waals surface area contributed by atoms with Crippen LogP contribution in [0, 0.1) is 0 Å². The molecule has 0 saturated carbocycles. The van der Waals surface area contributed by atoms with E-state index in [4.69, 9.17) is 16.5 Å². The lowest BCUT2D eigenvalue weighted by Crippen LogP contribution is -2.42. The first-order valence-electron chi connectivity index (χ1n) is 6.85. The normalized spacial score (nSPS) is 21.0. The number of nitrogens with zero attached hydrogens (tertiary/aromatic N) is 1. The quantitative estimate of drug-likeness (QED) is 0.665. The molecule has 0 spiro atoms. The zero-order valence-electron chi connectivity index (χ0n) is 12.2. The van der Waals surface area contributed by atoms with E-state index in [1.807, 2.05) is 6.92 Å². The Morgan fingerprint density at radius 3 is 2.37 bits per heavy atom. The summed E-state index contributed by atoms with van der Waals surface area (Å²) in [4.78, 5) is 2.10. The van der Waals surface area contributed by atoms with Crippen LogP contribution in [0.3, 0.4) is 0 Å². The maximum absolute atomic E-state index is 9.74. The zero-order valence-corrected chi connectivity index (χ0v) is 13.3. The standard InChI is InChI=1S/C6H13NO3.C6H13O2.Al/c8-4-1-7(2-5-9)3-6-10;1-5(7)4-6(2,3)8;/h8H,1-6H2;5,8H,4H2,1-3H3;/q-2;-1;+3. The molecule has 1 atom stereocenters. The number of aliphatic hydroxyl groups excluding tert-OH is 1. The molecular weight excluding hydrogens is 265 g/mol. The van der Waals surface area contributed by atoms with Crippen LogP contribution in [0.25, 0.3) is 0 Å². The molecule has 1 aliphatic rings. The van der Waals surface area contributed by atoms with E-state index in [0.717, 1.165) is 13.1 Å². The summed E-state index contributed by atoms with van der Waals surface area (Å²) >= 11 is -2.10. The molecule has 1 unspecified atom stereocenters. The Kier molecular flexibility index (Phi) is 7.81. The minimum Gasteiger partial charge on any atom is -0.453 e. The van der Waals surface area contributed by atoms with Gasteiger partial charge >= 0.3 is 15.1 Å². The third-order valence-electron chi connectivity index (χ3n) is 2.87. The van der Waals surface area contributed by atoms with Crippen molar-refractivity contribution in [3.63, 3.8) is 0 Å². The molecule has 0 amide bonds. The Bertz CT molecular complexity index is 239. The number of hydrogen-bond donors (Lipinski definition) is 2. The van der Waals surface area contributed by atoms with Gasteiger partial charge in [-0.3, -0.25) is 4.90 Å². The van der Waals surface area contributed by atoms with Crippen LogP contribution in [0.5, 0.6) is 0 Å². The van der Waals surface area contributed by atoms with Crippen molar-refractivity contribution in [1.82, 2.24) is 4.90 Å². The average molecular weight is 291 g/mol. The predicted octanol–water partition coefficient (Wildman–Crippen LogP) is -0.121. The molecule has 19 heavy (non-hydrogen) atoms. The molecule has 112 valence electrons. The van der Waals surface area contributed by atoms with Crippen molar-refractivity contribution in [3.8, 4) is 0 Å². The van der Waals surface area contributed by atoms with E-state index in [2.05, 4.69) is 4.90 Å². The summed E-state index contributed by atoms with van der Waals surface area (Å²) in [7, 11) is 0. The molecule has 1 aliphatic heterocycles. The van der Waals surface area contributed by atoms with Crippen molar-refractivity contribution in [3.05, 3.63) is 0 Å². The van der Waals surface area contributed by atoms with Crippen LogP contribution in [0.2, 0.25) is 0 Å². The molecular formula is C12H26AlNO5. The van der Waals surface area contributed by atoms with E-state index in [1.165, 1.54) is 0 Å². The smallest absolute Gasteiger partial charge is 0.453 e. The van der Waals surface area contributed by atoms with Gasteiger partial charge in [-0.15, -0.1) is 0 Å². The summed E-state index contributed by atoms with van der Waals surface area (Å²) in [5.41, 5.74) is -0.743. The minimum absolute atomic E-state index is 0.0790. The van der Waals surface area contributed by atoms with Crippen molar-refractivity contribution in [1.29, 1.82) is 0 Å². The summed E-state index contributed by atoms with van der Waals surface area (Å²) < 4.78 is 17.0. The average Bonchev–Trinajstić information content (AvgIpc) is 2.22. The van der Waals surface area contributed by atoms with Crippen molar-refractivity contribution in [2.24, 2.45) is 0 Å². The predicted molar refractivity (Wildman–Crippen MR) is 72.6 cm³/mol. The van der Waals surface area contributed by atoms with Gasteiger partial charge in [0.05, 0.1) is 12.2 Å². The van der Waals surface area contributed by atoms with Gasteiger partial charge in [-0.2, -0.15) is 0 Å². The third-order valence-corrected chi connectivity index (χ3v) is 4.57. The Morgan fingerprint density at radius 1 is 1.32 bits per heavy atom. The van der Waals surface area contributed by atoms with Gasteiger partial charge in [0.2, 0.25) is 0 Å². The summed E-state index contributed by atoms with van der Waals surface area (Å²) in [5.74, 6) is 0. The van der Waals surface area contributed by atoms with Crippen LogP contribution in [-0.4, -0.2) is 81.4 Å². The van der Waals surface area contributed by atoms with Crippen molar-refractivity contribution in [2.45, 2.75) is 38.9 Å². The Morgan fingerprint density at radius 2 is 1.89 bits per heavy atom. The van der Waals surface area contributed by atoms with Crippen LogP contribution in [0.15, 0.2) is 0 Å². The third kappa shape index (κ3) is 8.23. The highest BCUT2D eigenvalue weighted by Gasteiger charge is 2.35. The Hall–Kier alpha value is 0.292. The fourth-order valence-corrected chi connectivity index (χ4v) is 3.43. The topological polar surface area (TPSA) is 71.4 Å². The molecule has 1 heterocycles. The van der Waals surface area contributed by atoms with E-state index in [1.54, 1.807) is 13.8 Å². The molecule has 1 saturated heterocycles. The first-order valence-corrected chi connectivity index (χ1v) is 8.26. The van der Waals surface area contributed by atoms with Gasteiger partial charge in [0, 0.05) is 39.0 Å². The molecule has 0 bridgehead atoms. The number of rotatable bonds is 6. The lowest BCUT2D eigenvalue weighted by Gasteiger charge is -2.28. The molecule has 0 aliphatic carbocycles. The van der Waals surface area contributed by atoms with Crippen LogP contribution < -0.4 is 0 Å². The Balaban J connectivity index is 2.29. The highest BCUT2D eigenvalue weighted by molar-refractivity contribution is 6.36. The summed E-state index contributed by atoms with van der Waals surface area (Å²) in [6.07, 6.45) is 0.476. The fraction of sp³-hybridized carbons (Fsp3) is 1.00. The second-order valence-electron chi connectivity index (χ2n) is 5.56. The largest absolute Gasteiger partial charge is 0.905 e. The van der Waals surface area contributed by atoms with Crippen LogP contribution in [0.1, 0.15) is 27.2 Å². The maximum atomic E-state index is 9.74. The van der Waals surface area contributed by atoms with Crippen LogP contribution in [-0.2, 0) is 11.4 Å². The fourth-order valence-electron chi connectivity index (χ4n) is 2.10. The molecule has 1 rings (SSSR count). The highest BCUT2D eigenvalue weighted by atomic mass is 27.3. The zero-order chi connectivity index (χ0) is 14.3. The summed E-state index contributed by atoms with van der Waals surface area (Å²) in [6.45, 7) is 8.96. The molecule has 2 N–H and O–H groups in total. The molecule has 0 radical (unpaired) electrons. The summed E-state index contributed by atoms with van der Waals surface area (Å²) in [6, 6.07) is 0. The van der Waals surface area contributed by atoms with E-state index in [0.29, 0.717) is 26.2 Å². The number of aliphatic hydroxyl groups is 2. The lowest BCUT2D eigenvalue weighted by molar-refractivity contribution is -0.00642. The number of hydrogen-bond acceptors (Lipinski definition) is 6. The monoisotopic (exact) mass is 291 g/mol. The van der Waals surface area contributed by atoms with Gasteiger partial charge in [0.25, 0.3) is 0 Å². The van der Waals surface area contributed by atoms with Crippen LogP contribution >= 0.6 is 0 Å². The van der Waals surface area contributed by atoms with Crippen molar-refractivity contribution in [2.75, 3.05) is 39.5 Å². The lowest BCUT2D eigenvalue weighted by atomic mass is 10.0. The van der Waals surface area contributed by atoms with Crippen molar-refractivity contribution >= 4 is 15.1 Å². The number of β-amino-alcohol motifs (C(OH)–C–C–N with tert-alkyl or cyclic N) is 1. The molecule has 0 aromatic heterocycles. The second kappa shape index (κ2) is 8.55. The Labute approximate surface area is 120 Å². The van der Waals surface area contributed by atoms with Gasteiger partial charge in [-0.25, -0.2) is 0 Å². The van der Waals surface area contributed by atoms with E-state index < -0.39 is 20.8 Å². The molecule has 0 aromatic carbocycles. The van der Waals surface area contributed by atoms with Crippen LogP contribution in [0.4, 0.5) is 0 Å². The van der Waals surface area contributed by atoms with E-state index >= 15 is 0 Å². The first-order chi connectivity index (χ1) is 8.90. The molecule has 6 nitrogen and oxygen atoms in total.